The fraction of sp³-hybridized carbons (Fsp3) is 0.464. The molecule has 0 fully saturated rings. The molecule has 30 heavy (non-hydrogen) atoms. The molecule has 0 aromatic carbocycles. The monoisotopic (exact) mass is 410 g/mol. The van der Waals surface area contributed by atoms with E-state index in [1.54, 1.807) is 6.33 Å². The second-order valence-corrected chi connectivity index (χ2v) is 7.01. The van der Waals surface area contributed by atoms with Crippen LogP contribution in [0.4, 0.5) is 0 Å². The highest BCUT2D eigenvalue weighted by atomic mass is 14.9. The zero-order chi connectivity index (χ0) is 23.4. The molecule has 0 aliphatic rings. The maximum absolute atomic E-state index is 4.25. The van der Waals surface area contributed by atoms with Gasteiger partial charge in [-0.2, -0.15) is 0 Å². The lowest BCUT2D eigenvalue weighted by molar-refractivity contribution is 0.390. The normalized spacial score (nSPS) is 13.8. The van der Waals surface area contributed by atoms with Gasteiger partial charge in [0.2, 0.25) is 0 Å². The summed E-state index contributed by atoms with van der Waals surface area (Å²) in [5, 5.41) is 0. The van der Waals surface area contributed by atoms with E-state index >= 15 is 0 Å². The van der Waals surface area contributed by atoms with E-state index in [1.165, 1.54) is 11.1 Å². The van der Waals surface area contributed by atoms with Crippen LogP contribution in [-0.4, -0.2) is 9.97 Å². The molecule has 0 amide bonds. The maximum Gasteiger partial charge on any atom is 0.0921 e. The SMILES string of the molecule is C=C/C=C(\C=C/C)C(CC(C)(C)C(/C=C\CC)=C/C=C\C)c1cnc[nH]1.CC.CC. The number of imidazole rings is 1. The van der Waals surface area contributed by atoms with Gasteiger partial charge >= 0.3 is 0 Å². The second-order valence-electron chi connectivity index (χ2n) is 7.01. The molecule has 0 spiro atoms. The van der Waals surface area contributed by atoms with Gasteiger partial charge in [0.05, 0.1) is 6.33 Å². The van der Waals surface area contributed by atoms with Crippen LogP contribution in [-0.2, 0) is 0 Å². The Hall–Kier alpha value is -2.35. The van der Waals surface area contributed by atoms with Crippen molar-refractivity contribution in [1.29, 1.82) is 0 Å². The van der Waals surface area contributed by atoms with E-state index in [0.29, 0.717) is 0 Å². The summed E-state index contributed by atoms with van der Waals surface area (Å²) in [6.07, 6.45) is 24.8. The summed E-state index contributed by atoms with van der Waals surface area (Å²) in [5.74, 6) is 0.228. The van der Waals surface area contributed by atoms with Crippen LogP contribution in [0.5, 0.6) is 0 Å². The summed E-state index contributed by atoms with van der Waals surface area (Å²) in [7, 11) is 0. The molecule has 2 heteroatoms. The molecular formula is C28H46N2. The predicted octanol–water partition coefficient (Wildman–Crippen LogP) is 9.12. The fourth-order valence-corrected chi connectivity index (χ4v) is 3.06. The fourth-order valence-electron chi connectivity index (χ4n) is 3.06. The average molecular weight is 411 g/mol. The number of rotatable bonds is 10. The number of allylic oxidation sites excluding steroid dienone is 11. The van der Waals surface area contributed by atoms with Crippen LogP contribution >= 0.6 is 0 Å². The van der Waals surface area contributed by atoms with Gasteiger partial charge in [-0.25, -0.2) is 4.98 Å². The van der Waals surface area contributed by atoms with Crippen LogP contribution < -0.4 is 0 Å². The minimum Gasteiger partial charge on any atom is -0.348 e. The van der Waals surface area contributed by atoms with Crippen molar-refractivity contribution < 1.29 is 0 Å². The summed E-state index contributed by atoms with van der Waals surface area (Å²) in [6.45, 7) is 22.8. The molecule has 0 saturated carbocycles. The largest absolute Gasteiger partial charge is 0.348 e. The first-order valence-electron chi connectivity index (χ1n) is 11.4. The van der Waals surface area contributed by atoms with Crippen molar-refractivity contribution in [3.05, 3.63) is 90.6 Å². The van der Waals surface area contributed by atoms with Gasteiger partial charge in [0.1, 0.15) is 0 Å². The van der Waals surface area contributed by atoms with Crippen molar-refractivity contribution in [3.8, 4) is 0 Å². The van der Waals surface area contributed by atoms with E-state index in [-0.39, 0.29) is 11.3 Å². The van der Waals surface area contributed by atoms with Gasteiger partial charge in [-0.05, 0) is 43.3 Å². The van der Waals surface area contributed by atoms with Gasteiger partial charge in [0.15, 0.2) is 0 Å². The molecule has 1 heterocycles. The third-order valence-corrected chi connectivity index (χ3v) is 4.46. The molecule has 0 bridgehead atoms. The summed E-state index contributed by atoms with van der Waals surface area (Å²) < 4.78 is 0. The lowest BCUT2D eigenvalue weighted by atomic mass is 9.73. The molecule has 1 rings (SSSR count). The highest BCUT2D eigenvalue weighted by Gasteiger charge is 2.29. The smallest absolute Gasteiger partial charge is 0.0921 e. The summed E-state index contributed by atoms with van der Waals surface area (Å²) in [4.78, 5) is 7.56. The molecule has 0 aliphatic carbocycles. The first kappa shape index (κ1) is 29.8. The zero-order valence-corrected chi connectivity index (χ0v) is 21.0. The van der Waals surface area contributed by atoms with Crippen LogP contribution in [0.2, 0.25) is 0 Å². The third-order valence-electron chi connectivity index (χ3n) is 4.46. The lowest BCUT2D eigenvalue weighted by Gasteiger charge is -2.31. The van der Waals surface area contributed by atoms with Crippen LogP contribution in [0.1, 0.15) is 86.8 Å². The predicted molar refractivity (Wildman–Crippen MR) is 138 cm³/mol. The minimum atomic E-state index is 0.00278. The minimum absolute atomic E-state index is 0.00278. The van der Waals surface area contributed by atoms with Crippen LogP contribution in [0.15, 0.2) is 84.9 Å². The molecular weight excluding hydrogens is 364 g/mol. The van der Waals surface area contributed by atoms with E-state index in [4.69, 9.17) is 0 Å². The first-order chi connectivity index (χ1) is 14.5. The van der Waals surface area contributed by atoms with Gasteiger partial charge in [-0.1, -0.05) is 110 Å². The topological polar surface area (TPSA) is 28.7 Å². The lowest BCUT2D eigenvalue weighted by Crippen LogP contribution is -2.19. The Labute approximate surface area is 187 Å². The van der Waals surface area contributed by atoms with Gasteiger partial charge in [-0.3, -0.25) is 0 Å². The summed E-state index contributed by atoms with van der Waals surface area (Å²) in [6, 6.07) is 0. The Morgan fingerprint density at radius 1 is 1.10 bits per heavy atom. The molecule has 1 unspecified atom stereocenters. The molecule has 2 nitrogen and oxygen atoms in total. The van der Waals surface area contributed by atoms with E-state index in [0.717, 1.165) is 18.5 Å². The van der Waals surface area contributed by atoms with Gasteiger partial charge in [0, 0.05) is 17.8 Å². The Morgan fingerprint density at radius 2 is 1.77 bits per heavy atom. The van der Waals surface area contributed by atoms with Crippen molar-refractivity contribution in [2.24, 2.45) is 5.41 Å². The number of hydrogen-bond acceptors (Lipinski definition) is 1. The van der Waals surface area contributed by atoms with E-state index in [1.807, 2.05) is 46.9 Å². The zero-order valence-electron chi connectivity index (χ0n) is 21.0. The van der Waals surface area contributed by atoms with Crippen LogP contribution in [0, 0.1) is 5.41 Å². The highest BCUT2D eigenvalue weighted by Crippen LogP contribution is 2.41. The average Bonchev–Trinajstić information content (AvgIpc) is 3.29. The summed E-state index contributed by atoms with van der Waals surface area (Å²) in [5.41, 5.74) is 3.71. The first-order valence-corrected chi connectivity index (χ1v) is 11.4. The van der Waals surface area contributed by atoms with Crippen molar-refractivity contribution in [3.63, 3.8) is 0 Å². The molecule has 0 radical (unpaired) electrons. The van der Waals surface area contributed by atoms with E-state index in [9.17, 15) is 0 Å². The number of nitrogens with one attached hydrogen (secondary N) is 1. The molecule has 0 saturated heterocycles. The second kappa shape index (κ2) is 18.7. The molecule has 168 valence electrons. The Bertz CT molecular complexity index is 680. The number of aromatic nitrogens is 2. The molecule has 1 atom stereocenters. The standard InChI is InChI=1S/C24H34N2.2C2H6/c1-7-11-15-21(16-12-8-2)24(5,6)17-22(23-18-25-19-26-23)20(13-9-3)14-10-4;2*1-2/h7,9-16,18-19,22H,3,8,17H2,1-2,4-6H3,(H,25,26);2*1-2H3/b11-7-,14-10-,16-12-,20-13+,21-15+;;. The molecule has 0 aliphatic heterocycles. The third kappa shape index (κ3) is 11.0. The molecule has 1 N–H and O–H groups in total. The number of nitrogens with zero attached hydrogens (tertiary/aromatic N) is 1. The van der Waals surface area contributed by atoms with Crippen molar-refractivity contribution in [2.45, 2.75) is 81.1 Å². The van der Waals surface area contributed by atoms with Gasteiger partial charge < -0.3 is 4.98 Å². The van der Waals surface area contributed by atoms with Gasteiger partial charge in [0.25, 0.3) is 0 Å². The summed E-state index contributed by atoms with van der Waals surface area (Å²) >= 11 is 0. The van der Waals surface area contributed by atoms with E-state index < -0.39 is 0 Å². The quantitative estimate of drug-likeness (QED) is 0.383. The number of hydrogen-bond donors (Lipinski definition) is 1. The maximum atomic E-state index is 4.25. The van der Waals surface area contributed by atoms with E-state index in [2.05, 4.69) is 92.9 Å². The number of H-pyrrole nitrogens is 1. The number of aromatic amines is 1. The van der Waals surface area contributed by atoms with Crippen LogP contribution in [0.3, 0.4) is 0 Å². The van der Waals surface area contributed by atoms with Crippen molar-refractivity contribution >= 4 is 0 Å². The highest BCUT2D eigenvalue weighted by molar-refractivity contribution is 5.36. The van der Waals surface area contributed by atoms with Crippen LogP contribution in [0.25, 0.3) is 0 Å². The van der Waals surface area contributed by atoms with Gasteiger partial charge in [-0.15, -0.1) is 0 Å². The Kier molecular flexibility index (Phi) is 18.6. The Balaban J connectivity index is 0. The van der Waals surface area contributed by atoms with Crippen molar-refractivity contribution in [1.82, 2.24) is 9.97 Å². The van der Waals surface area contributed by atoms with Crippen molar-refractivity contribution in [2.75, 3.05) is 0 Å². The molecule has 1 aromatic heterocycles. The Morgan fingerprint density at radius 3 is 2.23 bits per heavy atom. The molecule has 1 aromatic rings.